The van der Waals surface area contributed by atoms with Gasteiger partial charge in [-0.1, -0.05) is 30.3 Å². The highest BCUT2D eigenvalue weighted by Crippen LogP contribution is 2.28. The lowest BCUT2D eigenvalue weighted by molar-refractivity contribution is -0.116. The molecule has 0 atom stereocenters. The van der Waals surface area contributed by atoms with Crippen LogP contribution in [0.25, 0.3) is 22.0 Å². The van der Waals surface area contributed by atoms with Gasteiger partial charge in [0.05, 0.1) is 11.1 Å². The van der Waals surface area contributed by atoms with Crippen molar-refractivity contribution in [2.45, 2.75) is 26.2 Å². The van der Waals surface area contributed by atoms with E-state index in [1.807, 2.05) is 57.4 Å². The van der Waals surface area contributed by atoms with E-state index in [1.54, 1.807) is 6.07 Å². The number of hydrogen-bond acceptors (Lipinski definition) is 4. The summed E-state index contributed by atoms with van der Waals surface area (Å²) in [4.78, 5) is 26.5. The second-order valence-corrected chi connectivity index (χ2v) is 7.29. The Morgan fingerprint density at radius 2 is 1.83 bits per heavy atom. The topological polar surface area (TPSA) is 78.1 Å². The van der Waals surface area contributed by atoms with Crippen LogP contribution < -0.4 is 10.9 Å². The van der Waals surface area contributed by atoms with Gasteiger partial charge in [-0.05, 0) is 58.1 Å². The van der Waals surface area contributed by atoms with Crippen LogP contribution in [0.2, 0.25) is 0 Å². The molecule has 3 aromatic rings. The van der Waals surface area contributed by atoms with Gasteiger partial charge in [0.15, 0.2) is 0 Å². The van der Waals surface area contributed by atoms with Gasteiger partial charge >= 0.3 is 0 Å². The van der Waals surface area contributed by atoms with Crippen molar-refractivity contribution in [2.75, 3.05) is 26.0 Å². The normalized spacial score (nSPS) is 10.8. The number of anilines is 1. The minimum atomic E-state index is -0.210. The second-order valence-electron chi connectivity index (χ2n) is 7.29. The number of benzene rings is 2. The summed E-state index contributed by atoms with van der Waals surface area (Å²) in [5.41, 5.74) is 3.08. The zero-order chi connectivity index (χ0) is 20.1. The van der Waals surface area contributed by atoms with Crippen LogP contribution in [0.15, 0.2) is 47.3 Å². The molecule has 0 bridgehead atoms. The van der Waals surface area contributed by atoms with Crippen LogP contribution in [0.1, 0.15) is 24.8 Å². The molecule has 0 aliphatic heterocycles. The highest BCUT2D eigenvalue weighted by atomic mass is 35.5. The molecule has 1 aromatic heterocycles. The molecule has 1 heterocycles. The number of rotatable bonds is 7. The van der Waals surface area contributed by atoms with Gasteiger partial charge in [-0.25, -0.2) is 5.10 Å². The molecule has 0 saturated heterocycles. The summed E-state index contributed by atoms with van der Waals surface area (Å²) in [6.07, 6.45) is 2.35. The Kier molecular flexibility index (Phi) is 7.93. The molecule has 3 rings (SSSR count). The third-order valence-corrected chi connectivity index (χ3v) is 4.74. The number of nitrogens with one attached hydrogen (secondary N) is 2. The summed E-state index contributed by atoms with van der Waals surface area (Å²) in [7, 11) is 4.06. The van der Waals surface area contributed by atoms with Crippen LogP contribution in [0.4, 0.5) is 5.69 Å². The first-order valence-electron chi connectivity index (χ1n) is 9.49. The van der Waals surface area contributed by atoms with Gasteiger partial charge in [-0.15, -0.1) is 12.4 Å². The molecule has 0 unspecified atom stereocenters. The van der Waals surface area contributed by atoms with Crippen LogP contribution in [0, 0.1) is 6.92 Å². The van der Waals surface area contributed by atoms with Crippen molar-refractivity contribution >= 4 is 34.8 Å². The molecule has 2 N–H and O–H groups in total. The van der Waals surface area contributed by atoms with E-state index < -0.39 is 0 Å². The van der Waals surface area contributed by atoms with Crippen molar-refractivity contribution in [3.63, 3.8) is 0 Å². The highest BCUT2D eigenvalue weighted by molar-refractivity contribution is 5.96. The zero-order valence-corrected chi connectivity index (χ0v) is 17.8. The van der Waals surface area contributed by atoms with Crippen molar-refractivity contribution in [1.29, 1.82) is 0 Å². The van der Waals surface area contributed by atoms with Gasteiger partial charge in [-0.3, -0.25) is 9.59 Å². The van der Waals surface area contributed by atoms with Crippen molar-refractivity contribution in [1.82, 2.24) is 15.1 Å². The average Bonchev–Trinajstić information content (AvgIpc) is 2.68. The number of hydrogen-bond donors (Lipinski definition) is 2. The molecule has 29 heavy (non-hydrogen) atoms. The number of unbranched alkanes of at least 4 members (excludes halogenated alkanes) is 1. The van der Waals surface area contributed by atoms with Crippen molar-refractivity contribution in [3.05, 3.63) is 58.4 Å². The molecular formula is C22H27ClN4O2. The Morgan fingerprint density at radius 3 is 2.55 bits per heavy atom. The lowest BCUT2D eigenvalue weighted by Crippen LogP contribution is -2.15. The van der Waals surface area contributed by atoms with Gasteiger partial charge in [0, 0.05) is 23.1 Å². The number of amides is 1. The number of aromatic nitrogens is 2. The summed E-state index contributed by atoms with van der Waals surface area (Å²) in [5.74, 6) is 0.0123. The molecule has 0 fully saturated rings. The number of H-pyrrole nitrogens is 1. The molecule has 0 aliphatic carbocycles. The van der Waals surface area contributed by atoms with Gasteiger partial charge in [0.2, 0.25) is 5.91 Å². The summed E-state index contributed by atoms with van der Waals surface area (Å²) in [6.45, 7) is 2.94. The monoisotopic (exact) mass is 414 g/mol. The Morgan fingerprint density at radius 1 is 1.10 bits per heavy atom. The van der Waals surface area contributed by atoms with Gasteiger partial charge in [0.25, 0.3) is 5.56 Å². The molecule has 0 spiro atoms. The number of aromatic amines is 1. The maximum atomic E-state index is 12.3. The Bertz CT molecular complexity index is 1050. The largest absolute Gasteiger partial charge is 0.326 e. The molecule has 0 radical (unpaired) electrons. The fourth-order valence-electron chi connectivity index (χ4n) is 3.17. The molecule has 0 saturated carbocycles. The standard InChI is InChI=1S/C22H26N4O2.ClH/c1-15-11-12-16(14-19(15)23-20(27)10-6-7-13-26(2)3)21-17-8-4-5-9-18(17)22(28)25-24-21;/h4-5,8-9,11-12,14H,6-7,10,13H2,1-3H3,(H,23,27)(H,25,28);1H. The van der Waals surface area contributed by atoms with Crippen LogP contribution in [-0.4, -0.2) is 41.6 Å². The van der Waals surface area contributed by atoms with Crippen molar-refractivity contribution in [3.8, 4) is 11.3 Å². The first-order valence-corrected chi connectivity index (χ1v) is 9.49. The maximum Gasteiger partial charge on any atom is 0.272 e. The first-order chi connectivity index (χ1) is 13.5. The molecule has 1 amide bonds. The fourth-order valence-corrected chi connectivity index (χ4v) is 3.17. The van der Waals surface area contributed by atoms with Crippen molar-refractivity contribution in [2.24, 2.45) is 0 Å². The summed E-state index contributed by atoms with van der Waals surface area (Å²) in [6, 6.07) is 13.2. The smallest absolute Gasteiger partial charge is 0.272 e. The Hall–Kier alpha value is -2.70. The average molecular weight is 415 g/mol. The van der Waals surface area contributed by atoms with Crippen LogP contribution in [-0.2, 0) is 4.79 Å². The molecular weight excluding hydrogens is 388 g/mol. The van der Waals surface area contributed by atoms with E-state index in [0.717, 1.165) is 41.6 Å². The zero-order valence-electron chi connectivity index (χ0n) is 17.0. The third-order valence-electron chi connectivity index (χ3n) is 4.74. The maximum absolute atomic E-state index is 12.3. The minimum Gasteiger partial charge on any atom is -0.326 e. The molecule has 0 aliphatic rings. The Labute approximate surface area is 176 Å². The lowest BCUT2D eigenvalue weighted by atomic mass is 10.0. The van der Waals surface area contributed by atoms with Crippen LogP contribution >= 0.6 is 12.4 Å². The molecule has 154 valence electrons. The van der Waals surface area contributed by atoms with Crippen LogP contribution in [0.3, 0.4) is 0 Å². The number of halogens is 1. The van der Waals surface area contributed by atoms with Crippen LogP contribution in [0.5, 0.6) is 0 Å². The van der Waals surface area contributed by atoms with Gasteiger partial charge < -0.3 is 10.2 Å². The van der Waals surface area contributed by atoms with Crippen molar-refractivity contribution < 1.29 is 4.79 Å². The van der Waals surface area contributed by atoms with E-state index in [9.17, 15) is 9.59 Å². The Balaban J connectivity index is 0.00000300. The molecule has 7 heteroatoms. The van der Waals surface area contributed by atoms with E-state index in [2.05, 4.69) is 20.4 Å². The third kappa shape index (κ3) is 5.65. The van der Waals surface area contributed by atoms with E-state index >= 15 is 0 Å². The summed E-state index contributed by atoms with van der Waals surface area (Å²) >= 11 is 0. The highest BCUT2D eigenvalue weighted by Gasteiger charge is 2.11. The number of nitrogens with zero attached hydrogens (tertiary/aromatic N) is 2. The summed E-state index contributed by atoms with van der Waals surface area (Å²) in [5, 5.41) is 11.2. The summed E-state index contributed by atoms with van der Waals surface area (Å²) < 4.78 is 0. The molecule has 2 aromatic carbocycles. The number of carbonyl (C=O) groups excluding carboxylic acids is 1. The second kappa shape index (κ2) is 10.2. The van der Waals surface area contributed by atoms with Gasteiger partial charge in [-0.2, -0.15) is 5.10 Å². The SMILES string of the molecule is Cc1ccc(-c2n[nH]c(=O)c3ccccc23)cc1NC(=O)CCCCN(C)C.Cl. The van der Waals surface area contributed by atoms with E-state index in [-0.39, 0.29) is 23.9 Å². The quantitative estimate of drug-likeness (QED) is 0.573. The van der Waals surface area contributed by atoms with E-state index in [1.165, 1.54) is 0 Å². The van der Waals surface area contributed by atoms with E-state index in [0.29, 0.717) is 17.5 Å². The number of fused-ring (bicyclic) bond motifs is 1. The number of aryl methyl sites for hydroxylation is 1. The minimum absolute atomic E-state index is 0. The van der Waals surface area contributed by atoms with Gasteiger partial charge in [0.1, 0.15) is 0 Å². The predicted molar refractivity (Wildman–Crippen MR) is 121 cm³/mol. The first kappa shape index (κ1) is 22.6. The number of carbonyl (C=O) groups is 1. The van der Waals surface area contributed by atoms with E-state index in [4.69, 9.17) is 0 Å². The lowest BCUT2D eigenvalue weighted by Gasteiger charge is -2.12. The molecule has 6 nitrogen and oxygen atoms in total. The predicted octanol–water partition coefficient (Wildman–Crippen LogP) is 3.99. The fraction of sp³-hybridized carbons (Fsp3) is 0.318.